The molecule has 3 rings (SSSR count). The lowest BCUT2D eigenvalue weighted by atomic mass is 10.1. The van der Waals surface area contributed by atoms with Gasteiger partial charge in [0.15, 0.2) is 0 Å². The summed E-state index contributed by atoms with van der Waals surface area (Å²) in [5.74, 6) is 0. The van der Waals surface area contributed by atoms with Gasteiger partial charge in [0.25, 0.3) is 0 Å². The maximum atomic E-state index is 12.6. The summed E-state index contributed by atoms with van der Waals surface area (Å²) in [5, 5.41) is 8.71. The molecule has 28 heavy (non-hydrogen) atoms. The average Bonchev–Trinajstić information content (AvgIpc) is 3.05. The van der Waals surface area contributed by atoms with Crippen LogP contribution in [0.2, 0.25) is 0 Å². The Morgan fingerprint density at radius 3 is 2.71 bits per heavy atom. The summed E-state index contributed by atoms with van der Waals surface area (Å²) in [4.78, 5) is 19.8. The number of carbonyl (C=O) groups excluding carboxylic acids is 1. The molecule has 1 aliphatic rings. The molecule has 0 fully saturated rings. The highest BCUT2D eigenvalue weighted by Crippen LogP contribution is 2.22. The molecule has 0 aliphatic carbocycles. The Morgan fingerprint density at radius 2 is 2.04 bits per heavy atom. The van der Waals surface area contributed by atoms with E-state index < -0.39 is 5.60 Å². The van der Waals surface area contributed by atoms with Crippen LogP contribution in [-0.2, 0) is 29.3 Å². The van der Waals surface area contributed by atoms with Crippen LogP contribution in [0.4, 0.5) is 4.79 Å². The van der Waals surface area contributed by atoms with Crippen LogP contribution in [0.5, 0.6) is 0 Å². The first-order valence-electron chi connectivity index (χ1n) is 9.24. The summed E-state index contributed by atoms with van der Waals surface area (Å²) in [5.41, 5.74) is 2.88. The Bertz CT molecular complexity index is 866. The fraction of sp³-hybridized carbons (Fsp3) is 0.381. The smallest absolute Gasteiger partial charge is 0.410 e. The first kappa shape index (κ1) is 19.7. The number of benzene rings is 1. The molecule has 2 aromatic rings. The monoisotopic (exact) mass is 382 g/mol. The number of ether oxygens (including phenoxy) is 1. The molecule has 148 valence electrons. The van der Waals surface area contributed by atoms with Gasteiger partial charge in [0, 0.05) is 5.56 Å². The van der Waals surface area contributed by atoms with Crippen molar-refractivity contribution in [1.29, 1.82) is 0 Å². The molecule has 0 N–H and O–H groups in total. The summed E-state index contributed by atoms with van der Waals surface area (Å²) >= 11 is 0. The lowest BCUT2D eigenvalue weighted by Gasteiger charge is -2.30. The zero-order valence-corrected chi connectivity index (χ0v) is 16.6. The Balaban J connectivity index is 1.82. The highest BCUT2D eigenvalue weighted by molar-refractivity contribution is 6.04. The molecule has 1 aromatic carbocycles. The molecule has 0 saturated heterocycles. The van der Waals surface area contributed by atoms with E-state index in [0.29, 0.717) is 32.0 Å². The van der Waals surface area contributed by atoms with Crippen molar-refractivity contribution in [3.05, 3.63) is 66.0 Å². The molecule has 0 radical (unpaired) electrons. The van der Waals surface area contributed by atoms with Crippen LogP contribution in [0, 0.1) is 0 Å². The minimum atomic E-state index is -0.570. The highest BCUT2D eigenvalue weighted by Gasteiger charge is 2.31. The van der Waals surface area contributed by atoms with Crippen molar-refractivity contribution in [2.45, 2.75) is 46.1 Å². The Morgan fingerprint density at radius 1 is 1.29 bits per heavy atom. The van der Waals surface area contributed by atoms with Crippen molar-refractivity contribution in [3.63, 3.8) is 0 Å². The fourth-order valence-corrected chi connectivity index (χ4v) is 2.89. The molecule has 0 atom stereocenters. The SMILES string of the molecule is C=CCn1ncc2c1CN(C(=O)OC(C)(C)C)CC2=NOCc1ccccc1. The number of carbonyl (C=O) groups is 1. The van der Waals surface area contributed by atoms with Gasteiger partial charge in [-0.15, -0.1) is 6.58 Å². The summed E-state index contributed by atoms with van der Waals surface area (Å²) < 4.78 is 7.34. The summed E-state index contributed by atoms with van der Waals surface area (Å²) in [6, 6.07) is 9.81. The van der Waals surface area contributed by atoms with Crippen molar-refractivity contribution in [3.8, 4) is 0 Å². The van der Waals surface area contributed by atoms with Gasteiger partial charge < -0.3 is 9.57 Å². The maximum absolute atomic E-state index is 12.6. The second-order valence-electron chi connectivity index (χ2n) is 7.61. The highest BCUT2D eigenvalue weighted by atomic mass is 16.6. The molecule has 1 aromatic heterocycles. The number of allylic oxidation sites excluding steroid dienone is 1. The van der Waals surface area contributed by atoms with Gasteiger partial charge in [-0.2, -0.15) is 5.10 Å². The first-order valence-corrected chi connectivity index (χ1v) is 9.24. The van der Waals surface area contributed by atoms with E-state index in [4.69, 9.17) is 9.57 Å². The van der Waals surface area contributed by atoms with Crippen LogP contribution in [0.15, 0.2) is 54.3 Å². The van der Waals surface area contributed by atoms with Gasteiger partial charge >= 0.3 is 6.09 Å². The fourth-order valence-electron chi connectivity index (χ4n) is 2.89. The van der Waals surface area contributed by atoms with E-state index >= 15 is 0 Å². The molecular weight excluding hydrogens is 356 g/mol. The molecule has 0 unspecified atom stereocenters. The topological polar surface area (TPSA) is 69.0 Å². The molecule has 0 saturated carbocycles. The van der Waals surface area contributed by atoms with E-state index in [1.54, 1.807) is 17.2 Å². The largest absolute Gasteiger partial charge is 0.444 e. The molecule has 1 aliphatic heterocycles. The molecule has 7 heteroatoms. The molecule has 1 amide bonds. The minimum Gasteiger partial charge on any atom is -0.444 e. The number of rotatable bonds is 5. The number of hydrogen-bond donors (Lipinski definition) is 0. The first-order chi connectivity index (χ1) is 13.4. The third kappa shape index (κ3) is 4.79. The lowest BCUT2D eigenvalue weighted by Crippen LogP contribution is -2.43. The van der Waals surface area contributed by atoms with E-state index in [1.165, 1.54) is 0 Å². The Hall–Kier alpha value is -3.09. The van der Waals surface area contributed by atoms with E-state index in [9.17, 15) is 4.79 Å². The van der Waals surface area contributed by atoms with E-state index in [0.717, 1.165) is 16.8 Å². The molecule has 0 spiro atoms. The number of nitrogens with zero attached hydrogens (tertiary/aromatic N) is 4. The normalized spacial score (nSPS) is 15.2. The van der Waals surface area contributed by atoms with Gasteiger partial charge in [-0.05, 0) is 26.3 Å². The van der Waals surface area contributed by atoms with Crippen molar-refractivity contribution in [2.75, 3.05) is 6.54 Å². The summed E-state index contributed by atoms with van der Waals surface area (Å²) in [7, 11) is 0. The number of fused-ring (bicyclic) bond motifs is 1. The van der Waals surface area contributed by atoms with E-state index in [-0.39, 0.29) is 6.09 Å². The van der Waals surface area contributed by atoms with Crippen molar-refractivity contribution >= 4 is 11.8 Å². The van der Waals surface area contributed by atoms with Crippen molar-refractivity contribution < 1.29 is 14.4 Å². The maximum Gasteiger partial charge on any atom is 0.410 e. The van der Waals surface area contributed by atoms with Crippen molar-refractivity contribution in [1.82, 2.24) is 14.7 Å². The predicted octanol–water partition coefficient (Wildman–Crippen LogP) is 3.74. The quantitative estimate of drug-likeness (QED) is 0.583. The van der Waals surface area contributed by atoms with Gasteiger partial charge in [-0.1, -0.05) is 41.6 Å². The van der Waals surface area contributed by atoms with Crippen LogP contribution in [0.3, 0.4) is 0 Å². The van der Waals surface area contributed by atoms with Crippen LogP contribution < -0.4 is 0 Å². The van der Waals surface area contributed by atoms with E-state index in [1.807, 2.05) is 55.8 Å². The van der Waals surface area contributed by atoms with Crippen LogP contribution in [0.25, 0.3) is 0 Å². The second kappa shape index (κ2) is 8.29. The standard InChI is InChI=1S/C21H26N4O3/c1-5-11-25-19-14-24(20(26)28-21(2,3)4)13-18(17(19)12-22-25)23-27-15-16-9-7-6-8-10-16/h5-10,12H,1,11,13-15H2,2-4H3. The zero-order valence-electron chi connectivity index (χ0n) is 16.6. The van der Waals surface area contributed by atoms with Crippen LogP contribution >= 0.6 is 0 Å². The van der Waals surface area contributed by atoms with Crippen LogP contribution in [-0.4, -0.2) is 38.6 Å². The molecule has 7 nitrogen and oxygen atoms in total. The van der Waals surface area contributed by atoms with Gasteiger partial charge in [-0.25, -0.2) is 4.79 Å². The summed E-state index contributed by atoms with van der Waals surface area (Å²) in [6.45, 7) is 10.9. The second-order valence-corrected chi connectivity index (χ2v) is 7.61. The number of amides is 1. The lowest BCUT2D eigenvalue weighted by molar-refractivity contribution is 0.0252. The third-order valence-electron chi connectivity index (χ3n) is 4.14. The Labute approximate surface area is 165 Å². The van der Waals surface area contributed by atoms with Gasteiger partial charge in [0.2, 0.25) is 0 Å². The zero-order chi connectivity index (χ0) is 20.1. The summed E-state index contributed by atoms with van der Waals surface area (Å²) in [6.07, 6.45) is 3.14. The number of hydrogen-bond acceptors (Lipinski definition) is 5. The van der Waals surface area contributed by atoms with Gasteiger partial charge in [0.1, 0.15) is 17.9 Å². The van der Waals surface area contributed by atoms with Gasteiger partial charge in [0.05, 0.1) is 31.5 Å². The molecular formula is C21H26N4O3. The third-order valence-corrected chi connectivity index (χ3v) is 4.14. The van der Waals surface area contributed by atoms with E-state index in [2.05, 4.69) is 16.8 Å². The predicted molar refractivity (Wildman–Crippen MR) is 107 cm³/mol. The van der Waals surface area contributed by atoms with Crippen LogP contribution in [0.1, 0.15) is 37.6 Å². The average molecular weight is 382 g/mol. The van der Waals surface area contributed by atoms with Crippen molar-refractivity contribution in [2.24, 2.45) is 5.16 Å². The molecule has 2 heterocycles. The van der Waals surface area contributed by atoms with Gasteiger partial charge in [-0.3, -0.25) is 9.58 Å². The minimum absolute atomic E-state index is 0.302. The number of oxime groups is 1. The Kier molecular flexibility index (Phi) is 5.82. The molecule has 0 bridgehead atoms. The number of aromatic nitrogens is 2.